The van der Waals surface area contributed by atoms with Crippen LogP contribution in [0.1, 0.15) is 13.8 Å². The molecule has 2 aliphatic carbocycles. The molecule has 0 aromatic heterocycles. The second-order valence-electron chi connectivity index (χ2n) is 3.73. The third-order valence-corrected chi connectivity index (χ3v) is 2.54. The van der Waals surface area contributed by atoms with Gasteiger partial charge in [-0.2, -0.15) is 11.8 Å². The summed E-state index contributed by atoms with van der Waals surface area (Å²) in [5.41, 5.74) is 0. The van der Waals surface area contributed by atoms with Gasteiger partial charge in [0.1, 0.15) is 0 Å². The second-order valence-corrected chi connectivity index (χ2v) is 3.73. The molecule has 0 aromatic rings. The van der Waals surface area contributed by atoms with Crippen LogP contribution >= 0.6 is 0 Å². The summed E-state index contributed by atoms with van der Waals surface area (Å²) in [6.45, 7) is 4.42. The van der Waals surface area contributed by atoms with Crippen LogP contribution in [-0.4, -0.2) is 26.2 Å². The van der Waals surface area contributed by atoms with E-state index >= 15 is 0 Å². The molecule has 0 unspecified atom stereocenters. The molecular formula is C10H20N2Y2-2. The minimum absolute atomic E-state index is 0. The molecule has 14 heavy (non-hydrogen) atoms. The van der Waals surface area contributed by atoms with Gasteiger partial charge in [-0.05, 0) is 14.1 Å². The van der Waals surface area contributed by atoms with Gasteiger partial charge in [-0.25, -0.2) is 0 Å². The van der Waals surface area contributed by atoms with Crippen LogP contribution in [0.3, 0.4) is 0 Å². The molecule has 0 heterocycles. The van der Waals surface area contributed by atoms with Crippen LogP contribution in [0.2, 0.25) is 0 Å². The van der Waals surface area contributed by atoms with Crippen LogP contribution in [0, 0.1) is 24.7 Å². The molecule has 0 saturated heterocycles. The molecule has 2 radical (unpaired) electrons. The molecule has 2 N–H and O–H groups in total. The van der Waals surface area contributed by atoms with Crippen molar-refractivity contribution >= 4 is 0 Å². The van der Waals surface area contributed by atoms with Crippen molar-refractivity contribution in [3.05, 3.63) is 12.8 Å². The Morgan fingerprint density at radius 1 is 0.786 bits per heavy atom. The summed E-state index contributed by atoms with van der Waals surface area (Å²) in [5, 5.41) is 6.27. The van der Waals surface area contributed by atoms with Crippen molar-refractivity contribution in [3.8, 4) is 0 Å². The van der Waals surface area contributed by atoms with Crippen molar-refractivity contribution in [1.29, 1.82) is 0 Å². The van der Waals surface area contributed by atoms with E-state index in [2.05, 4.69) is 37.3 Å². The van der Waals surface area contributed by atoms with Gasteiger partial charge in [0.25, 0.3) is 0 Å². The Kier molecular flexibility index (Phi) is 12.1. The van der Waals surface area contributed by atoms with E-state index in [1.165, 1.54) is 0 Å². The number of hydrogen-bond acceptors (Lipinski definition) is 2. The standard InChI is InChI=1S/2C5H10N.2Y/c2*1-4-3-5(4)6-2;;/h2*3-6H,1-2H3;;/q2*-1;;/t2*4-,5+;;/m10../s1. The Hall–Kier alpha value is 2.13. The first kappa shape index (κ1) is 18.5. The topological polar surface area (TPSA) is 24.1 Å². The zero-order chi connectivity index (χ0) is 9.14. The van der Waals surface area contributed by atoms with E-state index < -0.39 is 0 Å². The maximum atomic E-state index is 3.13. The third kappa shape index (κ3) is 7.41. The quantitative estimate of drug-likeness (QED) is 0.725. The monoisotopic (exact) mass is 346 g/mol. The van der Waals surface area contributed by atoms with Crippen LogP contribution in [0.15, 0.2) is 0 Å². The molecule has 0 bridgehead atoms. The van der Waals surface area contributed by atoms with Gasteiger partial charge < -0.3 is 23.5 Å². The van der Waals surface area contributed by atoms with Gasteiger partial charge in [-0.3, -0.25) is 0 Å². The van der Waals surface area contributed by atoms with Crippen LogP contribution in [0.25, 0.3) is 0 Å². The number of nitrogens with one attached hydrogen (secondary N) is 2. The summed E-state index contributed by atoms with van der Waals surface area (Å²) in [6, 6.07) is 1.45. The van der Waals surface area contributed by atoms with Crippen molar-refractivity contribution in [2.45, 2.75) is 25.9 Å². The molecule has 0 aliphatic heterocycles. The van der Waals surface area contributed by atoms with Crippen LogP contribution in [0.5, 0.6) is 0 Å². The summed E-state index contributed by atoms with van der Waals surface area (Å²) in [7, 11) is 3.98. The van der Waals surface area contributed by atoms with Crippen molar-refractivity contribution in [1.82, 2.24) is 10.6 Å². The predicted octanol–water partition coefficient (Wildman–Crippen LogP) is 0.852. The molecule has 2 aliphatic rings. The van der Waals surface area contributed by atoms with Crippen LogP contribution < -0.4 is 10.6 Å². The van der Waals surface area contributed by atoms with Gasteiger partial charge in [0, 0.05) is 65.4 Å². The molecule has 2 rings (SSSR count). The average molecular weight is 346 g/mol. The van der Waals surface area contributed by atoms with E-state index in [0.29, 0.717) is 0 Å². The van der Waals surface area contributed by atoms with Crippen molar-refractivity contribution < 1.29 is 65.4 Å². The van der Waals surface area contributed by atoms with Gasteiger partial charge in [-0.15, -0.1) is 12.1 Å². The van der Waals surface area contributed by atoms with E-state index in [9.17, 15) is 0 Å². The van der Waals surface area contributed by atoms with Gasteiger partial charge in [0.05, 0.1) is 0 Å². The fraction of sp³-hybridized carbons (Fsp3) is 0.800. The molecule has 2 saturated carbocycles. The Balaban J connectivity index is 0. The van der Waals surface area contributed by atoms with Gasteiger partial charge in [0.2, 0.25) is 0 Å². The first-order chi connectivity index (χ1) is 5.69. The van der Waals surface area contributed by atoms with E-state index in [0.717, 1.165) is 23.9 Å². The van der Waals surface area contributed by atoms with Crippen LogP contribution in [-0.2, 0) is 65.4 Å². The number of rotatable bonds is 2. The largest absolute Gasteiger partial charge is 0.348 e. The molecule has 4 heteroatoms. The molecule has 2 nitrogen and oxygen atoms in total. The molecule has 0 spiro atoms. The second kappa shape index (κ2) is 9.19. The summed E-state index contributed by atoms with van der Waals surface area (Å²) in [5.74, 6) is 1.66. The summed E-state index contributed by atoms with van der Waals surface area (Å²) >= 11 is 0. The summed E-state index contributed by atoms with van der Waals surface area (Å²) in [4.78, 5) is 0. The molecule has 0 amide bonds. The zero-order valence-electron chi connectivity index (χ0n) is 9.62. The Labute approximate surface area is 139 Å². The van der Waals surface area contributed by atoms with E-state index in [4.69, 9.17) is 0 Å². The average Bonchev–Trinajstić information content (AvgIpc) is 2.92. The van der Waals surface area contributed by atoms with E-state index in [1.54, 1.807) is 0 Å². The number of hydrogen-bond donors (Lipinski definition) is 2. The minimum Gasteiger partial charge on any atom is -0.348 e. The van der Waals surface area contributed by atoms with Crippen molar-refractivity contribution in [2.75, 3.05) is 14.1 Å². The Morgan fingerprint density at radius 3 is 1.00 bits per heavy atom. The predicted molar refractivity (Wildman–Crippen MR) is 52.6 cm³/mol. The van der Waals surface area contributed by atoms with Gasteiger partial charge >= 0.3 is 0 Å². The SMILES string of the molecule is CN[C@@H]1[CH-][C@@H]1C.CN[C@H]1[CH-][C@H]1C.[Y].[Y]. The third-order valence-electron chi connectivity index (χ3n) is 2.54. The van der Waals surface area contributed by atoms with E-state index in [1.807, 2.05) is 14.1 Å². The zero-order valence-corrected chi connectivity index (χ0v) is 15.3. The molecule has 0 aromatic carbocycles. The maximum absolute atomic E-state index is 3.13. The molecule has 2 fully saturated rings. The van der Waals surface area contributed by atoms with Crippen molar-refractivity contribution in [2.24, 2.45) is 11.8 Å². The van der Waals surface area contributed by atoms with Crippen molar-refractivity contribution in [3.63, 3.8) is 0 Å². The summed E-state index contributed by atoms with van der Waals surface area (Å²) < 4.78 is 0. The normalized spacial score (nSPS) is 36.9. The fourth-order valence-corrected chi connectivity index (χ4v) is 1.24. The maximum Gasteiger partial charge on any atom is 0 e. The van der Waals surface area contributed by atoms with Crippen LogP contribution in [0.4, 0.5) is 0 Å². The summed E-state index contributed by atoms with van der Waals surface area (Å²) in [6.07, 6.45) is 4.56. The van der Waals surface area contributed by atoms with Gasteiger partial charge in [-0.1, -0.05) is 13.8 Å². The van der Waals surface area contributed by atoms with Gasteiger partial charge in [0.15, 0.2) is 0 Å². The smallest absolute Gasteiger partial charge is 0 e. The molecule has 4 atom stereocenters. The Morgan fingerprint density at radius 2 is 1.00 bits per heavy atom. The minimum atomic E-state index is 0. The first-order valence-electron chi connectivity index (χ1n) is 4.73. The first-order valence-corrected chi connectivity index (χ1v) is 4.73. The molecule has 78 valence electrons. The fourth-order valence-electron chi connectivity index (χ4n) is 1.24. The van der Waals surface area contributed by atoms with E-state index in [-0.39, 0.29) is 65.4 Å². The molecular weight excluding hydrogens is 326 g/mol. The Bertz CT molecular complexity index is 124.